The zero-order valence-electron chi connectivity index (χ0n) is 15.7. The minimum absolute atomic E-state index is 0.0475. The van der Waals surface area contributed by atoms with Crippen LogP contribution in [0, 0.1) is 0 Å². The van der Waals surface area contributed by atoms with Crippen LogP contribution in [0.1, 0.15) is 0 Å². The second kappa shape index (κ2) is 9.16. The number of carbonyl (C=O) groups is 1. The van der Waals surface area contributed by atoms with Crippen LogP contribution in [-0.2, 0) is 14.3 Å². The Morgan fingerprint density at radius 1 is 1.04 bits per heavy atom. The van der Waals surface area contributed by atoms with Crippen molar-refractivity contribution in [1.29, 1.82) is 0 Å². The lowest BCUT2D eigenvalue weighted by molar-refractivity contribution is -0.121. The number of benzene rings is 2. The number of ether oxygens (including phenoxy) is 3. The standard InChI is InChI=1S/C21H21NO6/c1-25-9-10-27-13-21(24)22-15-5-3-14(4-6-15)20-12-18(23)17-11-16(26-2)7-8-19(17)28-20/h3-8,11-12H,9-10,13H2,1-2H3,(H,22,24). The molecule has 0 radical (unpaired) electrons. The highest BCUT2D eigenvalue weighted by molar-refractivity contribution is 5.92. The molecule has 2 aromatic carbocycles. The first-order chi connectivity index (χ1) is 13.6. The monoisotopic (exact) mass is 383 g/mol. The number of hydrogen-bond acceptors (Lipinski definition) is 6. The summed E-state index contributed by atoms with van der Waals surface area (Å²) in [6.07, 6.45) is 0. The first kappa shape index (κ1) is 19.6. The van der Waals surface area contributed by atoms with Crippen LogP contribution in [0.15, 0.2) is 57.7 Å². The highest BCUT2D eigenvalue weighted by Crippen LogP contribution is 2.25. The Labute approximate surface area is 161 Å². The molecule has 1 amide bonds. The van der Waals surface area contributed by atoms with Crippen molar-refractivity contribution in [3.05, 3.63) is 58.8 Å². The number of rotatable bonds is 8. The van der Waals surface area contributed by atoms with Crippen molar-refractivity contribution >= 4 is 22.6 Å². The second-order valence-electron chi connectivity index (χ2n) is 6.01. The molecule has 1 heterocycles. The first-order valence-electron chi connectivity index (χ1n) is 8.69. The van der Waals surface area contributed by atoms with Gasteiger partial charge in [-0.1, -0.05) is 0 Å². The SMILES string of the molecule is COCCOCC(=O)Nc1ccc(-c2cc(=O)c3cc(OC)ccc3o2)cc1. The Hall–Kier alpha value is -3.16. The normalized spacial score (nSPS) is 10.8. The van der Waals surface area contributed by atoms with E-state index in [1.165, 1.54) is 6.07 Å². The van der Waals surface area contributed by atoms with E-state index in [1.807, 2.05) is 0 Å². The van der Waals surface area contributed by atoms with Crippen LogP contribution in [0.3, 0.4) is 0 Å². The lowest BCUT2D eigenvalue weighted by Crippen LogP contribution is -2.19. The van der Waals surface area contributed by atoms with Crippen LogP contribution in [0.4, 0.5) is 5.69 Å². The van der Waals surface area contributed by atoms with E-state index in [2.05, 4.69) is 5.32 Å². The Morgan fingerprint density at radius 2 is 1.82 bits per heavy atom. The molecule has 0 saturated heterocycles. The van der Waals surface area contributed by atoms with Gasteiger partial charge in [0.25, 0.3) is 0 Å². The Kier molecular flexibility index (Phi) is 6.41. The molecular formula is C21H21NO6. The van der Waals surface area contributed by atoms with E-state index < -0.39 is 0 Å². The van der Waals surface area contributed by atoms with Crippen molar-refractivity contribution in [2.24, 2.45) is 0 Å². The van der Waals surface area contributed by atoms with Gasteiger partial charge in [-0.3, -0.25) is 9.59 Å². The average molecular weight is 383 g/mol. The predicted octanol–water partition coefficient (Wildman–Crippen LogP) is 3.07. The number of hydrogen-bond donors (Lipinski definition) is 1. The van der Waals surface area contributed by atoms with Crippen LogP contribution in [0.5, 0.6) is 5.75 Å². The smallest absolute Gasteiger partial charge is 0.250 e. The minimum atomic E-state index is -0.255. The molecule has 0 aliphatic rings. The van der Waals surface area contributed by atoms with E-state index >= 15 is 0 Å². The largest absolute Gasteiger partial charge is 0.497 e. The molecule has 0 aliphatic carbocycles. The number of anilines is 1. The van der Waals surface area contributed by atoms with Gasteiger partial charge < -0.3 is 23.9 Å². The van der Waals surface area contributed by atoms with Crippen molar-refractivity contribution in [1.82, 2.24) is 0 Å². The molecule has 3 aromatic rings. The van der Waals surface area contributed by atoms with Gasteiger partial charge in [0.15, 0.2) is 5.43 Å². The molecule has 0 bridgehead atoms. The van der Waals surface area contributed by atoms with Crippen molar-refractivity contribution < 1.29 is 23.4 Å². The molecule has 0 fully saturated rings. The maximum Gasteiger partial charge on any atom is 0.250 e. The summed E-state index contributed by atoms with van der Waals surface area (Å²) in [4.78, 5) is 24.2. The van der Waals surface area contributed by atoms with Gasteiger partial charge in [0.2, 0.25) is 5.91 Å². The van der Waals surface area contributed by atoms with Gasteiger partial charge in [-0.15, -0.1) is 0 Å². The number of fused-ring (bicyclic) bond motifs is 1. The van der Waals surface area contributed by atoms with Gasteiger partial charge in [0, 0.05) is 24.4 Å². The first-order valence-corrected chi connectivity index (χ1v) is 8.69. The lowest BCUT2D eigenvalue weighted by atomic mass is 10.1. The minimum Gasteiger partial charge on any atom is -0.497 e. The molecule has 0 saturated carbocycles. The van der Waals surface area contributed by atoms with E-state index in [1.54, 1.807) is 56.7 Å². The maximum atomic E-state index is 12.4. The molecule has 0 unspecified atom stereocenters. The molecule has 0 aliphatic heterocycles. The van der Waals surface area contributed by atoms with Gasteiger partial charge in [-0.05, 0) is 42.5 Å². The zero-order chi connectivity index (χ0) is 19.9. The summed E-state index contributed by atoms with van der Waals surface area (Å²) in [7, 11) is 3.11. The number of nitrogens with one attached hydrogen (secondary N) is 1. The van der Waals surface area contributed by atoms with Crippen LogP contribution in [0.2, 0.25) is 0 Å². The fraction of sp³-hybridized carbons (Fsp3) is 0.238. The Morgan fingerprint density at radius 3 is 2.54 bits per heavy atom. The van der Waals surface area contributed by atoms with E-state index in [-0.39, 0.29) is 17.9 Å². The third-order valence-electron chi connectivity index (χ3n) is 4.05. The van der Waals surface area contributed by atoms with Gasteiger partial charge in [-0.25, -0.2) is 0 Å². The molecule has 1 N–H and O–H groups in total. The van der Waals surface area contributed by atoms with E-state index in [0.717, 1.165) is 5.56 Å². The molecular weight excluding hydrogens is 362 g/mol. The number of carbonyl (C=O) groups excluding carboxylic acids is 1. The fourth-order valence-electron chi connectivity index (χ4n) is 2.63. The maximum absolute atomic E-state index is 12.4. The number of amides is 1. The summed E-state index contributed by atoms with van der Waals surface area (Å²) in [6.45, 7) is 0.746. The van der Waals surface area contributed by atoms with Crippen LogP contribution in [-0.4, -0.2) is 39.9 Å². The van der Waals surface area contributed by atoms with E-state index in [4.69, 9.17) is 18.6 Å². The lowest BCUT2D eigenvalue weighted by Gasteiger charge is -2.08. The summed E-state index contributed by atoms with van der Waals surface area (Å²) in [6, 6.07) is 13.6. The van der Waals surface area contributed by atoms with Crippen molar-refractivity contribution in [2.75, 3.05) is 39.4 Å². The predicted molar refractivity (Wildman–Crippen MR) is 106 cm³/mol. The van der Waals surface area contributed by atoms with Crippen molar-refractivity contribution in [3.8, 4) is 17.1 Å². The van der Waals surface area contributed by atoms with Crippen LogP contribution < -0.4 is 15.5 Å². The van der Waals surface area contributed by atoms with E-state index in [9.17, 15) is 9.59 Å². The fourth-order valence-corrected chi connectivity index (χ4v) is 2.63. The van der Waals surface area contributed by atoms with Crippen LogP contribution >= 0.6 is 0 Å². The zero-order valence-corrected chi connectivity index (χ0v) is 15.7. The molecule has 7 nitrogen and oxygen atoms in total. The quantitative estimate of drug-likeness (QED) is 0.602. The van der Waals surface area contributed by atoms with Crippen LogP contribution in [0.25, 0.3) is 22.3 Å². The van der Waals surface area contributed by atoms with Gasteiger partial charge in [-0.2, -0.15) is 0 Å². The van der Waals surface area contributed by atoms with Gasteiger partial charge in [0.1, 0.15) is 23.7 Å². The molecule has 1 aromatic heterocycles. The molecule has 0 atom stereocenters. The molecule has 7 heteroatoms. The molecule has 3 rings (SSSR count). The molecule has 28 heavy (non-hydrogen) atoms. The van der Waals surface area contributed by atoms with E-state index in [0.29, 0.717) is 41.4 Å². The summed E-state index contributed by atoms with van der Waals surface area (Å²) in [5.41, 5.74) is 1.68. The highest BCUT2D eigenvalue weighted by Gasteiger charge is 2.09. The third-order valence-corrected chi connectivity index (χ3v) is 4.05. The molecule has 146 valence electrons. The summed E-state index contributed by atoms with van der Waals surface area (Å²) < 4.78 is 21.0. The summed E-state index contributed by atoms with van der Waals surface area (Å²) in [5.74, 6) is 0.789. The second-order valence-corrected chi connectivity index (χ2v) is 6.01. The van der Waals surface area contributed by atoms with Crippen molar-refractivity contribution in [2.45, 2.75) is 0 Å². The van der Waals surface area contributed by atoms with Gasteiger partial charge >= 0.3 is 0 Å². The topological polar surface area (TPSA) is 87.0 Å². The summed E-state index contributed by atoms with van der Waals surface area (Å²) >= 11 is 0. The van der Waals surface area contributed by atoms with Crippen molar-refractivity contribution in [3.63, 3.8) is 0 Å². The molecule has 0 spiro atoms. The Balaban J connectivity index is 1.72. The summed E-state index contributed by atoms with van der Waals surface area (Å²) in [5, 5.41) is 3.20. The number of methoxy groups -OCH3 is 2. The average Bonchev–Trinajstić information content (AvgIpc) is 2.71. The van der Waals surface area contributed by atoms with Gasteiger partial charge in [0.05, 0.1) is 25.7 Å². The third kappa shape index (κ3) is 4.76. The highest BCUT2D eigenvalue weighted by atomic mass is 16.5. The Bertz CT molecular complexity index is 1010.